The quantitative estimate of drug-likeness (QED) is 0.755. The molecule has 1 heterocycles. The summed E-state index contributed by atoms with van der Waals surface area (Å²) in [4.78, 5) is 4.17. The van der Waals surface area contributed by atoms with Crippen molar-refractivity contribution in [3.05, 3.63) is 40.3 Å². The van der Waals surface area contributed by atoms with Crippen LogP contribution < -0.4 is 9.47 Å². The van der Waals surface area contributed by atoms with Gasteiger partial charge in [0.25, 0.3) is 0 Å². The van der Waals surface area contributed by atoms with Gasteiger partial charge in [0.05, 0.1) is 6.61 Å². The second-order valence-electron chi connectivity index (χ2n) is 3.56. The number of aromatic nitrogens is 1. The van der Waals surface area contributed by atoms with Crippen molar-refractivity contribution in [2.24, 2.45) is 0 Å². The molecular formula is C13H14ClNO2S. The van der Waals surface area contributed by atoms with Crippen LogP contribution in [0.5, 0.6) is 11.5 Å². The standard InChI is InChI=1S/C13H14ClNO2S/c1-2-16-12-7-10(8-14)3-4-11(12)17-9-13-15-5-6-18-13/h3-7H,2,8-9H2,1H3. The second-order valence-corrected chi connectivity index (χ2v) is 4.81. The Morgan fingerprint density at radius 2 is 2.17 bits per heavy atom. The van der Waals surface area contributed by atoms with Gasteiger partial charge in [-0.1, -0.05) is 6.07 Å². The molecule has 1 aromatic heterocycles. The van der Waals surface area contributed by atoms with Crippen LogP contribution in [0.25, 0.3) is 0 Å². The molecule has 0 aliphatic carbocycles. The van der Waals surface area contributed by atoms with E-state index in [4.69, 9.17) is 21.1 Å². The Morgan fingerprint density at radius 3 is 2.83 bits per heavy atom. The summed E-state index contributed by atoms with van der Waals surface area (Å²) in [6.07, 6.45) is 1.77. The highest BCUT2D eigenvalue weighted by atomic mass is 35.5. The number of thiazole rings is 1. The summed E-state index contributed by atoms with van der Waals surface area (Å²) >= 11 is 7.38. The molecule has 0 N–H and O–H groups in total. The lowest BCUT2D eigenvalue weighted by molar-refractivity contribution is 0.269. The Balaban J connectivity index is 2.10. The van der Waals surface area contributed by atoms with Crippen molar-refractivity contribution in [3.63, 3.8) is 0 Å². The van der Waals surface area contributed by atoms with Gasteiger partial charge in [-0.25, -0.2) is 4.98 Å². The van der Waals surface area contributed by atoms with Crippen LogP contribution in [0.1, 0.15) is 17.5 Å². The van der Waals surface area contributed by atoms with Gasteiger partial charge in [0.15, 0.2) is 11.5 Å². The molecule has 0 bridgehead atoms. The van der Waals surface area contributed by atoms with Crippen molar-refractivity contribution < 1.29 is 9.47 Å². The van der Waals surface area contributed by atoms with Crippen LogP contribution in [-0.2, 0) is 12.5 Å². The summed E-state index contributed by atoms with van der Waals surface area (Å²) in [7, 11) is 0. The van der Waals surface area contributed by atoms with Gasteiger partial charge in [-0.3, -0.25) is 0 Å². The van der Waals surface area contributed by atoms with E-state index in [0.717, 1.165) is 22.1 Å². The first kappa shape index (κ1) is 13.2. The van der Waals surface area contributed by atoms with Crippen LogP contribution in [-0.4, -0.2) is 11.6 Å². The summed E-state index contributed by atoms with van der Waals surface area (Å²) in [6.45, 7) is 3.00. The first-order valence-corrected chi connectivity index (χ1v) is 7.07. The van der Waals surface area contributed by atoms with E-state index in [1.165, 1.54) is 0 Å². The molecule has 1 aromatic carbocycles. The Kier molecular flexibility index (Phi) is 4.84. The maximum atomic E-state index is 5.80. The highest BCUT2D eigenvalue weighted by molar-refractivity contribution is 7.09. The van der Waals surface area contributed by atoms with E-state index in [0.29, 0.717) is 19.1 Å². The van der Waals surface area contributed by atoms with Gasteiger partial charge in [0.1, 0.15) is 11.6 Å². The van der Waals surface area contributed by atoms with E-state index in [9.17, 15) is 0 Å². The molecule has 0 saturated carbocycles. The summed E-state index contributed by atoms with van der Waals surface area (Å²) in [5.41, 5.74) is 1.02. The second kappa shape index (κ2) is 6.61. The zero-order valence-electron chi connectivity index (χ0n) is 10.1. The molecule has 0 atom stereocenters. The zero-order chi connectivity index (χ0) is 12.8. The van der Waals surface area contributed by atoms with Crippen LogP contribution in [0.3, 0.4) is 0 Å². The minimum absolute atomic E-state index is 0.456. The predicted molar refractivity (Wildman–Crippen MR) is 73.6 cm³/mol. The Bertz CT molecular complexity index is 488. The van der Waals surface area contributed by atoms with Gasteiger partial charge in [0.2, 0.25) is 0 Å². The van der Waals surface area contributed by atoms with Crippen molar-refractivity contribution in [1.82, 2.24) is 4.98 Å². The van der Waals surface area contributed by atoms with Crippen molar-refractivity contribution >= 4 is 22.9 Å². The first-order valence-electron chi connectivity index (χ1n) is 5.66. The number of alkyl halides is 1. The van der Waals surface area contributed by atoms with E-state index >= 15 is 0 Å². The van der Waals surface area contributed by atoms with Crippen LogP contribution in [0.4, 0.5) is 0 Å². The number of benzene rings is 1. The third-order valence-corrected chi connectivity index (χ3v) is 3.36. The molecular weight excluding hydrogens is 270 g/mol. The number of nitrogens with zero attached hydrogens (tertiary/aromatic N) is 1. The molecule has 0 radical (unpaired) electrons. The minimum Gasteiger partial charge on any atom is -0.490 e. The predicted octanol–water partition coefficient (Wildman–Crippen LogP) is 3.86. The lowest BCUT2D eigenvalue weighted by Crippen LogP contribution is -2.00. The highest BCUT2D eigenvalue weighted by Crippen LogP contribution is 2.29. The van der Waals surface area contributed by atoms with Crippen molar-refractivity contribution in [2.75, 3.05) is 6.61 Å². The third-order valence-electron chi connectivity index (χ3n) is 2.30. The molecule has 0 unspecified atom stereocenters. The van der Waals surface area contributed by atoms with E-state index in [1.54, 1.807) is 17.5 Å². The normalized spacial score (nSPS) is 10.3. The fourth-order valence-electron chi connectivity index (χ4n) is 1.49. The molecule has 18 heavy (non-hydrogen) atoms. The summed E-state index contributed by atoms with van der Waals surface area (Å²) < 4.78 is 11.3. The van der Waals surface area contributed by atoms with Crippen molar-refractivity contribution in [1.29, 1.82) is 0 Å². The monoisotopic (exact) mass is 283 g/mol. The maximum absolute atomic E-state index is 5.80. The van der Waals surface area contributed by atoms with Crippen molar-refractivity contribution in [2.45, 2.75) is 19.4 Å². The van der Waals surface area contributed by atoms with Crippen molar-refractivity contribution in [3.8, 4) is 11.5 Å². The zero-order valence-corrected chi connectivity index (χ0v) is 11.6. The Morgan fingerprint density at radius 1 is 1.28 bits per heavy atom. The van der Waals surface area contributed by atoms with Crippen LogP contribution >= 0.6 is 22.9 Å². The SMILES string of the molecule is CCOc1cc(CCl)ccc1OCc1nccs1. The minimum atomic E-state index is 0.456. The van der Waals surface area contributed by atoms with Gasteiger partial charge >= 0.3 is 0 Å². The van der Waals surface area contributed by atoms with E-state index in [2.05, 4.69) is 4.98 Å². The number of hydrogen-bond acceptors (Lipinski definition) is 4. The smallest absolute Gasteiger partial charge is 0.161 e. The molecule has 5 heteroatoms. The molecule has 0 spiro atoms. The molecule has 0 saturated heterocycles. The molecule has 2 rings (SSSR count). The van der Waals surface area contributed by atoms with Gasteiger partial charge in [-0.05, 0) is 24.6 Å². The fraction of sp³-hybridized carbons (Fsp3) is 0.308. The van der Waals surface area contributed by atoms with Gasteiger partial charge in [0, 0.05) is 17.5 Å². The maximum Gasteiger partial charge on any atom is 0.161 e. The molecule has 0 amide bonds. The highest BCUT2D eigenvalue weighted by Gasteiger charge is 2.07. The molecule has 0 aliphatic heterocycles. The number of ether oxygens (including phenoxy) is 2. The number of hydrogen-bond donors (Lipinski definition) is 0. The van der Waals surface area contributed by atoms with E-state index in [-0.39, 0.29) is 0 Å². The molecule has 3 nitrogen and oxygen atoms in total. The average molecular weight is 284 g/mol. The summed E-state index contributed by atoms with van der Waals surface area (Å²) in [5, 5.41) is 2.87. The summed E-state index contributed by atoms with van der Waals surface area (Å²) in [6, 6.07) is 5.73. The molecule has 2 aromatic rings. The number of rotatable bonds is 6. The summed E-state index contributed by atoms with van der Waals surface area (Å²) in [5.74, 6) is 1.92. The van der Waals surface area contributed by atoms with Gasteiger partial charge in [-0.2, -0.15) is 0 Å². The lowest BCUT2D eigenvalue weighted by Gasteiger charge is -2.12. The fourth-order valence-corrected chi connectivity index (χ4v) is 2.18. The van der Waals surface area contributed by atoms with Crippen LogP contribution in [0.2, 0.25) is 0 Å². The first-order chi connectivity index (χ1) is 8.83. The third kappa shape index (κ3) is 3.37. The number of halogens is 1. The van der Waals surface area contributed by atoms with Crippen LogP contribution in [0, 0.1) is 0 Å². The van der Waals surface area contributed by atoms with Gasteiger partial charge < -0.3 is 9.47 Å². The molecule has 96 valence electrons. The topological polar surface area (TPSA) is 31.4 Å². The molecule has 0 aliphatic rings. The Hall–Kier alpha value is -1.26. The van der Waals surface area contributed by atoms with E-state index < -0.39 is 0 Å². The lowest BCUT2D eigenvalue weighted by atomic mass is 10.2. The van der Waals surface area contributed by atoms with Crippen LogP contribution in [0.15, 0.2) is 29.8 Å². The molecule has 0 fully saturated rings. The van der Waals surface area contributed by atoms with E-state index in [1.807, 2.05) is 30.5 Å². The average Bonchev–Trinajstić information content (AvgIpc) is 2.90. The van der Waals surface area contributed by atoms with Gasteiger partial charge in [-0.15, -0.1) is 22.9 Å². The largest absolute Gasteiger partial charge is 0.490 e. The Labute approximate surface area is 115 Å².